The van der Waals surface area contributed by atoms with Gasteiger partial charge in [0.15, 0.2) is 9.84 Å². The first kappa shape index (κ1) is 31.1. The summed E-state index contributed by atoms with van der Waals surface area (Å²) >= 11 is 0. The third-order valence-electron chi connectivity index (χ3n) is 6.34. The Hall–Kier alpha value is -4.81. The van der Waals surface area contributed by atoms with E-state index in [0.717, 1.165) is 43.5 Å². The van der Waals surface area contributed by atoms with E-state index in [0.29, 0.717) is 29.4 Å². The molecule has 1 aromatic heterocycles. The summed E-state index contributed by atoms with van der Waals surface area (Å²) in [4.78, 5) is 13.0. The number of sulfone groups is 1. The first-order valence-electron chi connectivity index (χ1n) is 11.7. The predicted octanol–water partition coefficient (Wildman–Crippen LogP) is 4.74. The lowest BCUT2D eigenvalue weighted by atomic mass is 9.94. The lowest BCUT2D eigenvalue weighted by molar-refractivity contribution is -0.137. The fourth-order valence-corrected chi connectivity index (χ4v) is 6.79. The summed E-state index contributed by atoms with van der Waals surface area (Å²) in [5.41, 5.74) is -3.30. The van der Waals surface area contributed by atoms with Crippen molar-refractivity contribution in [2.45, 2.75) is 35.5 Å². The molecule has 18 heteroatoms. The van der Waals surface area contributed by atoms with E-state index in [4.69, 9.17) is 0 Å². The van der Waals surface area contributed by atoms with E-state index < -0.39 is 76.8 Å². The molecule has 0 unspecified atom stereocenters. The molecule has 1 aliphatic heterocycles. The zero-order valence-electron chi connectivity index (χ0n) is 21.8. The summed E-state index contributed by atoms with van der Waals surface area (Å²) in [5, 5.41) is 22.7. The molecule has 0 fully saturated rings. The fourth-order valence-electron chi connectivity index (χ4n) is 4.40. The number of sulfonamides is 1. The minimum atomic E-state index is -5.29. The van der Waals surface area contributed by atoms with Crippen LogP contribution in [0.5, 0.6) is 0 Å². The summed E-state index contributed by atoms with van der Waals surface area (Å²) in [5.74, 6) is 0. The van der Waals surface area contributed by atoms with Gasteiger partial charge in [0.05, 0.1) is 51.8 Å². The van der Waals surface area contributed by atoms with Crippen molar-refractivity contribution in [3.05, 3.63) is 82.8 Å². The maximum Gasteiger partial charge on any atom is 0.416 e. The van der Waals surface area contributed by atoms with Gasteiger partial charge in [0, 0.05) is 12.0 Å². The van der Waals surface area contributed by atoms with E-state index in [-0.39, 0.29) is 20.2 Å². The number of nitriles is 2. The number of carbonyl (C=O) groups is 1. The molecule has 2 amide bonds. The molecular formula is C25H17F5N6O5S2. The van der Waals surface area contributed by atoms with E-state index >= 15 is 0 Å². The summed E-state index contributed by atoms with van der Waals surface area (Å²) in [6.07, 6.45) is -3.30. The number of allylic oxidation sites excluding steroid dienone is 1. The van der Waals surface area contributed by atoms with Crippen LogP contribution in [0.1, 0.15) is 36.2 Å². The van der Waals surface area contributed by atoms with Crippen LogP contribution < -0.4 is 4.90 Å². The molecule has 0 radical (unpaired) electrons. The number of hydrogen-bond donors (Lipinski definition) is 0. The quantitative estimate of drug-likeness (QED) is 0.350. The molecule has 0 spiro atoms. The lowest BCUT2D eigenvalue weighted by Crippen LogP contribution is -2.52. The van der Waals surface area contributed by atoms with Gasteiger partial charge in [-0.3, -0.25) is 4.90 Å². The minimum absolute atomic E-state index is 0.0156. The highest BCUT2D eigenvalue weighted by Gasteiger charge is 2.48. The van der Waals surface area contributed by atoms with Gasteiger partial charge in [0.25, 0.3) is 10.0 Å². The zero-order valence-corrected chi connectivity index (χ0v) is 23.4. The van der Waals surface area contributed by atoms with Crippen molar-refractivity contribution < 1.29 is 43.6 Å². The minimum Gasteiger partial charge on any atom is -0.265 e. The van der Waals surface area contributed by atoms with Crippen molar-refractivity contribution in [3.63, 3.8) is 0 Å². The standard InChI is InChI=1S/C25H17F5N6O5S2/c1-14-20(11-32)22(19-7-6-15(10-31)8-21(19)42(2,38)39)36(43(40,41)18-12-33-34(13-18)23(26)27)24(37)35(14)17-5-3-4-16(9-17)25(28,29)30/h3-9,12-13,22-23H,1-2H3/t22-/m1/s1. The van der Waals surface area contributed by atoms with Crippen LogP contribution in [0.4, 0.5) is 32.4 Å². The van der Waals surface area contributed by atoms with Crippen LogP contribution in [-0.2, 0) is 26.0 Å². The van der Waals surface area contributed by atoms with Gasteiger partial charge in [0.2, 0.25) is 0 Å². The Morgan fingerprint density at radius 3 is 2.23 bits per heavy atom. The third kappa shape index (κ3) is 5.54. The molecule has 11 nitrogen and oxygen atoms in total. The molecule has 3 aromatic rings. The van der Waals surface area contributed by atoms with E-state index in [2.05, 4.69) is 5.10 Å². The van der Waals surface area contributed by atoms with Gasteiger partial charge in [0.1, 0.15) is 10.9 Å². The second-order valence-electron chi connectivity index (χ2n) is 9.05. The average molecular weight is 641 g/mol. The van der Waals surface area contributed by atoms with Gasteiger partial charge < -0.3 is 0 Å². The van der Waals surface area contributed by atoms with Gasteiger partial charge in [-0.15, -0.1) is 0 Å². The maximum absolute atomic E-state index is 14.1. The number of urea groups is 1. The number of nitrogens with zero attached hydrogens (tertiary/aromatic N) is 6. The molecule has 4 rings (SSSR count). The van der Waals surface area contributed by atoms with E-state index in [9.17, 15) is 54.1 Å². The van der Waals surface area contributed by atoms with Crippen molar-refractivity contribution in [3.8, 4) is 12.1 Å². The number of aromatic nitrogens is 2. The Bertz CT molecular complexity index is 1980. The molecule has 2 heterocycles. The van der Waals surface area contributed by atoms with Gasteiger partial charge in [-0.2, -0.15) is 37.6 Å². The van der Waals surface area contributed by atoms with Crippen LogP contribution in [0.15, 0.2) is 75.9 Å². The SMILES string of the molecule is CC1=C(C#N)[C@@H](c2ccc(C#N)cc2S(C)(=O)=O)N(S(=O)(=O)c2cnn(C(F)F)c2)C(=O)N1c1cccc(C(F)(F)F)c1. The summed E-state index contributed by atoms with van der Waals surface area (Å²) in [6.45, 7) is -2.17. The number of carbonyl (C=O) groups excluding carboxylic acids is 1. The largest absolute Gasteiger partial charge is 0.416 e. The van der Waals surface area contributed by atoms with Crippen molar-refractivity contribution in [2.24, 2.45) is 0 Å². The number of rotatable bonds is 6. The van der Waals surface area contributed by atoms with Crippen molar-refractivity contribution >= 4 is 31.6 Å². The highest BCUT2D eigenvalue weighted by molar-refractivity contribution is 7.91. The van der Waals surface area contributed by atoms with E-state index in [1.807, 2.05) is 0 Å². The zero-order chi connectivity index (χ0) is 32.1. The van der Waals surface area contributed by atoms with Crippen LogP contribution in [0, 0.1) is 22.7 Å². The Balaban J connectivity index is 2.10. The van der Waals surface area contributed by atoms with Crippen LogP contribution in [0.3, 0.4) is 0 Å². The van der Waals surface area contributed by atoms with Gasteiger partial charge in [-0.1, -0.05) is 12.1 Å². The molecule has 43 heavy (non-hydrogen) atoms. The molecule has 0 bridgehead atoms. The monoisotopic (exact) mass is 640 g/mol. The molecule has 0 aliphatic carbocycles. The number of alkyl halides is 5. The Kier molecular flexibility index (Phi) is 7.81. The molecular weight excluding hydrogens is 623 g/mol. The van der Waals surface area contributed by atoms with Crippen LogP contribution >= 0.6 is 0 Å². The summed E-state index contributed by atoms with van der Waals surface area (Å²) < 4.78 is 120. The Morgan fingerprint density at radius 1 is 1.02 bits per heavy atom. The second-order valence-corrected chi connectivity index (χ2v) is 12.8. The first-order chi connectivity index (χ1) is 19.9. The van der Waals surface area contributed by atoms with Crippen molar-refractivity contribution in [1.29, 1.82) is 10.5 Å². The third-order valence-corrected chi connectivity index (χ3v) is 9.18. The maximum atomic E-state index is 14.1. The Labute approximate surface area is 241 Å². The number of amides is 2. The lowest BCUT2D eigenvalue weighted by Gasteiger charge is -2.41. The summed E-state index contributed by atoms with van der Waals surface area (Å²) in [7, 11) is -9.57. The molecule has 224 valence electrons. The summed E-state index contributed by atoms with van der Waals surface area (Å²) in [6, 6.07) is 5.98. The topological polar surface area (TPSA) is 157 Å². The average Bonchev–Trinajstić information content (AvgIpc) is 3.43. The first-order valence-corrected chi connectivity index (χ1v) is 15.0. The van der Waals surface area contributed by atoms with E-state index in [1.54, 1.807) is 12.1 Å². The number of hydrogen-bond acceptors (Lipinski definition) is 8. The molecule has 1 aliphatic rings. The van der Waals surface area contributed by atoms with Crippen molar-refractivity contribution in [1.82, 2.24) is 14.1 Å². The van der Waals surface area contributed by atoms with Crippen molar-refractivity contribution in [2.75, 3.05) is 11.2 Å². The molecule has 2 aromatic carbocycles. The van der Waals surface area contributed by atoms with Gasteiger partial charge >= 0.3 is 18.8 Å². The van der Waals surface area contributed by atoms with Crippen LogP contribution in [0.25, 0.3) is 0 Å². The number of anilines is 1. The normalized spacial score (nSPS) is 16.4. The number of benzene rings is 2. The Morgan fingerprint density at radius 2 is 1.70 bits per heavy atom. The van der Waals surface area contributed by atoms with Crippen LogP contribution in [-0.4, -0.2) is 43.2 Å². The molecule has 1 atom stereocenters. The van der Waals surface area contributed by atoms with Gasteiger partial charge in [-0.05, 0) is 42.8 Å². The molecule has 0 N–H and O–H groups in total. The highest BCUT2D eigenvalue weighted by atomic mass is 32.2. The number of halogens is 5. The van der Waals surface area contributed by atoms with Gasteiger partial charge in [-0.25, -0.2) is 30.6 Å². The predicted molar refractivity (Wildman–Crippen MR) is 137 cm³/mol. The second kappa shape index (κ2) is 10.8. The van der Waals surface area contributed by atoms with Crippen LogP contribution in [0.2, 0.25) is 0 Å². The fraction of sp³-hybridized carbons (Fsp3) is 0.200. The highest BCUT2D eigenvalue weighted by Crippen LogP contribution is 2.44. The smallest absolute Gasteiger partial charge is 0.265 e. The molecule has 0 saturated heterocycles. The molecule has 0 saturated carbocycles. The van der Waals surface area contributed by atoms with E-state index in [1.165, 1.54) is 0 Å².